The van der Waals surface area contributed by atoms with E-state index in [9.17, 15) is 13.2 Å². The summed E-state index contributed by atoms with van der Waals surface area (Å²) in [5, 5.41) is 3.33. The molecule has 2 aromatic rings. The molecular weight excluding hydrogens is 314 g/mol. The molecule has 0 amide bonds. The van der Waals surface area contributed by atoms with Gasteiger partial charge in [0, 0.05) is 18.9 Å². The molecule has 2 aromatic heterocycles. The number of aromatic nitrogens is 2. The number of halogens is 5. The highest BCUT2D eigenvalue weighted by atomic mass is 35.5. The molecule has 0 radical (unpaired) electrons. The molecule has 0 aromatic carbocycles. The maximum absolute atomic E-state index is 12.8. The summed E-state index contributed by atoms with van der Waals surface area (Å²) >= 11 is 11.7. The third-order valence-electron chi connectivity index (χ3n) is 2.77. The van der Waals surface area contributed by atoms with Gasteiger partial charge in [-0.15, -0.1) is 0 Å². The summed E-state index contributed by atoms with van der Waals surface area (Å²) in [4.78, 5) is 3.71. The average Bonchev–Trinajstić information content (AvgIpc) is 2.63. The van der Waals surface area contributed by atoms with E-state index in [2.05, 4.69) is 10.3 Å². The molecular formula is C12H10Cl2F3N3. The first-order chi connectivity index (χ1) is 9.30. The molecule has 0 atom stereocenters. The normalized spacial score (nSPS) is 11.7. The van der Waals surface area contributed by atoms with Crippen LogP contribution >= 0.6 is 23.2 Å². The summed E-state index contributed by atoms with van der Waals surface area (Å²) in [5.41, 5.74) is -0.162. The van der Waals surface area contributed by atoms with E-state index in [0.717, 1.165) is 6.07 Å². The van der Waals surface area contributed by atoms with Crippen LogP contribution in [-0.4, -0.2) is 9.55 Å². The number of pyridine rings is 1. The third-order valence-corrected chi connectivity index (χ3v) is 3.61. The van der Waals surface area contributed by atoms with Crippen LogP contribution in [-0.2, 0) is 19.8 Å². The second-order valence-corrected chi connectivity index (χ2v) is 4.85. The number of anilines is 1. The maximum Gasteiger partial charge on any atom is 0.419 e. The monoisotopic (exact) mass is 323 g/mol. The summed E-state index contributed by atoms with van der Waals surface area (Å²) in [6, 6.07) is 3.80. The molecule has 108 valence electrons. The first kappa shape index (κ1) is 15.0. The molecule has 0 unspecified atom stereocenters. The lowest BCUT2D eigenvalue weighted by Crippen LogP contribution is -2.13. The number of alkyl halides is 3. The zero-order chi connectivity index (χ0) is 14.9. The molecule has 0 fully saturated rings. The standard InChI is InChI=1S/C12H10Cl2F3N3/c1-20-7(5-9(13)10(20)14)6-19-11-8(12(15,16)17)3-2-4-18-11/h2-5H,6H2,1H3,(H,18,19). The van der Waals surface area contributed by atoms with Gasteiger partial charge in [0.2, 0.25) is 0 Å². The molecule has 0 aliphatic rings. The molecule has 0 saturated heterocycles. The first-order valence-electron chi connectivity index (χ1n) is 5.56. The van der Waals surface area contributed by atoms with Gasteiger partial charge >= 0.3 is 6.18 Å². The van der Waals surface area contributed by atoms with Gasteiger partial charge in [-0.2, -0.15) is 13.2 Å². The Bertz CT molecular complexity index is 623. The van der Waals surface area contributed by atoms with Crippen LogP contribution in [0.3, 0.4) is 0 Å². The van der Waals surface area contributed by atoms with Crippen molar-refractivity contribution in [3.63, 3.8) is 0 Å². The molecule has 0 saturated carbocycles. The molecule has 0 aliphatic heterocycles. The Balaban J connectivity index is 2.21. The van der Waals surface area contributed by atoms with E-state index in [1.807, 2.05) is 0 Å². The van der Waals surface area contributed by atoms with Gasteiger partial charge in [-0.25, -0.2) is 4.98 Å². The minimum Gasteiger partial charge on any atom is -0.364 e. The number of hydrogen-bond acceptors (Lipinski definition) is 2. The van der Waals surface area contributed by atoms with E-state index in [4.69, 9.17) is 23.2 Å². The Morgan fingerprint density at radius 1 is 1.35 bits per heavy atom. The van der Waals surface area contributed by atoms with Crippen molar-refractivity contribution in [2.75, 3.05) is 5.32 Å². The van der Waals surface area contributed by atoms with E-state index in [0.29, 0.717) is 15.9 Å². The fourth-order valence-electron chi connectivity index (χ4n) is 1.71. The lowest BCUT2D eigenvalue weighted by molar-refractivity contribution is -0.137. The summed E-state index contributed by atoms with van der Waals surface area (Å²) in [6.45, 7) is 0.128. The summed E-state index contributed by atoms with van der Waals surface area (Å²) in [6.07, 6.45) is -3.16. The van der Waals surface area contributed by atoms with Gasteiger partial charge in [-0.05, 0) is 18.2 Å². The topological polar surface area (TPSA) is 29.9 Å². The highest BCUT2D eigenvalue weighted by Gasteiger charge is 2.34. The van der Waals surface area contributed by atoms with Crippen LogP contribution in [0.5, 0.6) is 0 Å². The van der Waals surface area contributed by atoms with Gasteiger partial charge in [0.1, 0.15) is 11.0 Å². The first-order valence-corrected chi connectivity index (χ1v) is 6.32. The predicted molar refractivity (Wildman–Crippen MR) is 72.0 cm³/mol. The summed E-state index contributed by atoms with van der Waals surface area (Å²) < 4.78 is 40.0. The van der Waals surface area contributed by atoms with Gasteiger partial charge in [0.15, 0.2) is 0 Å². The van der Waals surface area contributed by atoms with Crippen molar-refractivity contribution in [2.24, 2.45) is 7.05 Å². The van der Waals surface area contributed by atoms with Crippen molar-refractivity contribution in [1.29, 1.82) is 0 Å². The Labute approximate surface area is 123 Å². The number of nitrogens with one attached hydrogen (secondary N) is 1. The minimum absolute atomic E-state index is 0.128. The summed E-state index contributed by atoms with van der Waals surface area (Å²) in [5.74, 6) is -0.228. The van der Waals surface area contributed by atoms with E-state index < -0.39 is 11.7 Å². The molecule has 8 heteroatoms. The van der Waals surface area contributed by atoms with Gasteiger partial charge < -0.3 is 9.88 Å². The predicted octanol–water partition coefficient (Wildman–Crippen LogP) is 4.36. The molecule has 20 heavy (non-hydrogen) atoms. The maximum atomic E-state index is 12.8. The molecule has 1 N–H and O–H groups in total. The smallest absolute Gasteiger partial charge is 0.364 e. The molecule has 2 heterocycles. The zero-order valence-electron chi connectivity index (χ0n) is 10.3. The van der Waals surface area contributed by atoms with E-state index >= 15 is 0 Å². The quantitative estimate of drug-likeness (QED) is 0.909. The van der Waals surface area contributed by atoms with Gasteiger partial charge in [-0.3, -0.25) is 0 Å². The Morgan fingerprint density at radius 2 is 2.05 bits per heavy atom. The van der Waals surface area contributed by atoms with Crippen LogP contribution in [0.15, 0.2) is 24.4 Å². The van der Waals surface area contributed by atoms with E-state index in [-0.39, 0.29) is 12.4 Å². The minimum atomic E-state index is -4.46. The fourth-order valence-corrected chi connectivity index (χ4v) is 2.12. The van der Waals surface area contributed by atoms with Crippen molar-refractivity contribution < 1.29 is 13.2 Å². The number of rotatable bonds is 3. The number of nitrogens with zero attached hydrogens (tertiary/aromatic N) is 2. The SMILES string of the molecule is Cn1c(CNc2ncccc2C(F)(F)F)cc(Cl)c1Cl. The van der Waals surface area contributed by atoms with Crippen LogP contribution in [0.4, 0.5) is 19.0 Å². The van der Waals surface area contributed by atoms with Crippen molar-refractivity contribution in [3.05, 3.63) is 45.8 Å². The van der Waals surface area contributed by atoms with Crippen LogP contribution in [0, 0.1) is 0 Å². The molecule has 2 rings (SSSR count). The Morgan fingerprint density at radius 3 is 2.60 bits per heavy atom. The van der Waals surface area contributed by atoms with Crippen LogP contribution in [0.2, 0.25) is 10.2 Å². The van der Waals surface area contributed by atoms with Crippen LogP contribution in [0.1, 0.15) is 11.3 Å². The molecule has 0 aliphatic carbocycles. The largest absolute Gasteiger partial charge is 0.419 e. The molecule has 3 nitrogen and oxygen atoms in total. The molecule has 0 bridgehead atoms. The lowest BCUT2D eigenvalue weighted by atomic mass is 10.2. The van der Waals surface area contributed by atoms with Gasteiger partial charge in [0.25, 0.3) is 0 Å². The second-order valence-electron chi connectivity index (χ2n) is 4.08. The van der Waals surface area contributed by atoms with Crippen molar-refractivity contribution in [1.82, 2.24) is 9.55 Å². The second kappa shape index (κ2) is 5.54. The fraction of sp³-hybridized carbons (Fsp3) is 0.250. The summed E-state index contributed by atoms with van der Waals surface area (Å²) in [7, 11) is 1.67. The molecule has 0 spiro atoms. The highest BCUT2D eigenvalue weighted by Crippen LogP contribution is 2.33. The van der Waals surface area contributed by atoms with E-state index in [1.165, 1.54) is 12.3 Å². The Hall–Kier alpha value is -1.40. The van der Waals surface area contributed by atoms with Crippen molar-refractivity contribution >= 4 is 29.0 Å². The van der Waals surface area contributed by atoms with Crippen LogP contribution < -0.4 is 5.32 Å². The van der Waals surface area contributed by atoms with Crippen molar-refractivity contribution in [2.45, 2.75) is 12.7 Å². The Kier molecular flexibility index (Phi) is 4.15. The van der Waals surface area contributed by atoms with Gasteiger partial charge in [0.05, 0.1) is 17.1 Å². The van der Waals surface area contributed by atoms with Crippen molar-refractivity contribution in [3.8, 4) is 0 Å². The number of hydrogen-bond donors (Lipinski definition) is 1. The van der Waals surface area contributed by atoms with Crippen LogP contribution in [0.25, 0.3) is 0 Å². The average molecular weight is 324 g/mol. The lowest BCUT2D eigenvalue weighted by Gasteiger charge is -2.13. The third kappa shape index (κ3) is 3.02. The zero-order valence-corrected chi connectivity index (χ0v) is 11.8. The highest BCUT2D eigenvalue weighted by molar-refractivity contribution is 6.41. The van der Waals surface area contributed by atoms with Gasteiger partial charge in [-0.1, -0.05) is 23.2 Å². The van der Waals surface area contributed by atoms with E-state index in [1.54, 1.807) is 17.7 Å².